The van der Waals surface area contributed by atoms with Crippen LogP contribution in [0, 0.1) is 6.92 Å². The van der Waals surface area contributed by atoms with Gasteiger partial charge in [-0.3, -0.25) is 14.5 Å². The summed E-state index contributed by atoms with van der Waals surface area (Å²) in [5.41, 5.74) is 3.10. The Kier molecular flexibility index (Phi) is 6.84. The van der Waals surface area contributed by atoms with Gasteiger partial charge in [-0.15, -0.1) is 0 Å². The molecule has 0 radical (unpaired) electrons. The molecule has 0 bridgehead atoms. The summed E-state index contributed by atoms with van der Waals surface area (Å²) in [7, 11) is -2.37. The van der Waals surface area contributed by atoms with Crippen molar-refractivity contribution >= 4 is 21.5 Å². The van der Waals surface area contributed by atoms with E-state index in [2.05, 4.69) is 9.71 Å². The van der Waals surface area contributed by atoms with Crippen molar-refractivity contribution in [1.82, 2.24) is 4.98 Å². The van der Waals surface area contributed by atoms with Crippen LogP contribution in [-0.4, -0.2) is 26.3 Å². The number of hydrogen-bond donors (Lipinski definition) is 1. The Morgan fingerprint density at radius 1 is 1.07 bits per heavy atom. The average molecular weight is 425 g/mol. The molecule has 156 valence electrons. The molecule has 0 aliphatic carbocycles. The Labute approximate surface area is 177 Å². The fraction of sp³-hybridized carbons (Fsp3) is 0.217. The normalized spacial score (nSPS) is 11.1. The lowest BCUT2D eigenvalue weighted by atomic mass is 10.0. The Morgan fingerprint density at radius 2 is 1.83 bits per heavy atom. The topological polar surface area (TPSA) is 85.4 Å². The minimum absolute atomic E-state index is 0.0830. The molecule has 1 heterocycles. The fourth-order valence-electron chi connectivity index (χ4n) is 3.04. The lowest BCUT2D eigenvalue weighted by molar-refractivity contribution is -0.118. The van der Waals surface area contributed by atoms with E-state index in [1.165, 1.54) is 7.11 Å². The predicted octanol–water partition coefficient (Wildman–Crippen LogP) is 3.94. The molecule has 0 amide bonds. The zero-order chi connectivity index (χ0) is 21.6. The smallest absolute Gasteiger partial charge is 0.265 e. The van der Waals surface area contributed by atoms with Crippen LogP contribution >= 0.6 is 0 Å². The fourth-order valence-corrected chi connectivity index (χ4v) is 4.35. The third-order valence-corrected chi connectivity index (χ3v) is 6.03. The summed E-state index contributed by atoms with van der Waals surface area (Å²) in [6.07, 6.45) is 4.86. The molecular formula is C23H24N2O4S. The van der Waals surface area contributed by atoms with Gasteiger partial charge in [0.05, 0.1) is 7.11 Å². The number of ether oxygens (including phenoxy) is 1. The zero-order valence-electron chi connectivity index (χ0n) is 17.0. The van der Waals surface area contributed by atoms with E-state index in [4.69, 9.17) is 4.74 Å². The van der Waals surface area contributed by atoms with Crippen molar-refractivity contribution in [3.8, 4) is 5.75 Å². The summed E-state index contributed by atoms with van der Waals surface area (Å²) >= 11 is 0. The number of sulfonamides is 1. The molecule has 0 aliphatic heterocycles. The molecule has 3 aromatic rings. The third kappa shape index (κ3) is 5.67. The number of aromatic nitrogens is 1. The number of carbonyl (C=O) groups excluding carboxylic acids is 1. The first kappa shape index (κ1) is 21.5. The maximum Gasteiger partial charge on any atom is 0.265 e. The van der Waals surface area contributed by atoms with E-state index < -0.39 is 10.0 Å². The van der Waals surface area contributed by atoms with E-state index in [0.29, 0.717) is 24.9 Å². The Morgan fingerprint density at radius 3 is 2.50 bits per heavy atom. The Balaban J connectivity index is 1.63. The van der Waals surface area contributed by atoms with E-state index in [0.717, 1.165) is 16.7 Å². The number of hydrogen-bond acceptors (Lipinski definition) is 5. The highest BCUT2D eigenvalue weighted by molar-refractivity contribution is 7.92. The summed E-state index contributed by atoms with van der Waals surface area (Å²) in [6, 6.07) is 15.6. The number of rotatable bonds is 9. The van der Waals surface area contributed by atoms with E-state index in [1.807, 2.05) is 19.1 Å². The number of benzene rings is 2. The molecule has 1 N–H and O–H groups in total. The molecule has 0 spiro atoms. The second-order valence-electron chi connectivity index (χ2n) is 7.03. The molecule has 3 rings (SSSR count). The highest BCUT2D eigenvalue weighted by Crippen LogP contribution is 2.27. The molecule has 1 aromatic heterocycles. The van der Waals surface area contributed by atoms with Crippen LogP contribution in [0.15, 0.2) is 71.9 Å². The van der Waals surface area contributed by atoms with E-state index in [9.17, 15) is 13.2 Å². The maximum absolute atomic E-state index is 12.8. The molecule has 0 saturated heterocycles. The van der Waals surface area contributed by atoms with Crippen molar-refractivity contribution < 1.29 is 17.9 Å². The van der Waals surface area contributed by atoms with Gasteiger partial charge in [-0.05, 0) is 60.4 Å². The van der Waals surface area contributed by atoms with Crippen LogP contribution in [-0.2, 0) is 27.7 Å². The van der Waals surface area contributed by atoms with Gasteiger partial charge < -0.3 is 4.74 Å². The van der Waals surface area contributed by atoms with Crippen molar-refractivity contribution in [3.63, 3.8) is 0 Å². The van der Waals surface area contributed by atoms with Crippen LogP contribution in [0.2, 0.25) is 0 Å². The minimum atomic E-state index is -3.80. The van der Waals surface area contributed by atoms with Crippen LogP contribution in [0.5, 0.6) is 5.75 Å². The van der Waals surface area contributed by atoms with Gasteiger partial charge in [-0.2, -0.15) is 0 Å². The van der Waals surface area contributed by atoms with Gasteiger partial charge >= 0.3 is 0 Å². The molecular weight excluding hydrogens is 400 g/mol. The number of methoxy groups -OCH3 is 1. The van der Waals surface area contributed by atoms with E-state index in [1.54, 1.807) is 54.9 Å². The molecule has 0 unspecified atom stereocenters. The maximum atomic E-state index is 12.8. The van der Waals surface area contributed by atoms with Crippen molar-refractivity contribution in [2.24, 2.45) is 0 Å². The number of pyridine rings is 1. The quantitative estimate of drug-likeness (QED) is 0.562. The first-order chi connectivity index (χ1) is 14.4. The van der Waals surface area contributed by atoms with Crippen molar-refractivity contribution in [1.29, 1.82) is 0 Å². The Hall–Kier alpha value is -3.19. The molecule has 6 nitrogen and oxygen atoms in total. The van der Waals surface area contributed by atoms with Gasteiger partial charge in [-0.1, -0.05) is 24.3 Å². The van der Waals surface area contributed by atoms with Crippen molar-refractivity contribution in [3.05, 3.63) is 83.7 Å². The van der Waals surface area contributed by atoms with Crippen LogP contribution in [0.1, 0.15) is 23.1 Å². The third-order valence-electron chi connectivity index (χ3n) is 4.63. The van der Waals surface area contributed by atoms with Crippen molar-refractivity contribution in [2.45, 2.75) is 31.1 Å². The van der Waals surface area contributed by atoms with Crippen LogP contribution < -0.4 is 9.46 Å². The van der Waals surface area contributed by atoms with Crippen molar-refractivity contribution in [2.75, 3.05) is 11.8 Å². The van der Waals surface area contributed by atoms with Crippen LogP contribution in [0.25, 0.3) is 0 Å². The standard InChI is InChI=1S/C23H24N2O4S/c1-17-5-12-22(29-2)23(14-17)30(27,28)25-20-9-6-18(7-10-20)15-21(26)11-8-19-4-3-13-24-16-19/h3-7,9-10,12-14,16,25H,8,11,15H2,1-2H3. The number of aryl methyl sites for hydroxylation is 2. The van der Waals surface area contributed by atoms with Gasteiger partial charge in [0.2, 0.25) is 0 Å². The largest absolute Gasteiger partial charge is 0.495 e. The molecule has 0 aliphatic rings. The summed E-state index contributed by atoms with van der Waals surface area (Å²) in [5.74, 6) is 0.403. The van der Waals surface area contributed by atoms with Crippen LogP contribution in [0.3, 0.4) is 0 Å². The molecule has 0 atom stereocenters. The SMILES string of the molecule is COc1ccc(C)cc1S(=O)(=O)Nc1ccc(CC(=O)CCc2cccnc2)cc1. The summed E-state index contributed by atoms with van der Waals surface area (Å²) in [5, 5.41) is 0. The highest BCUT2D eigenvalue weighted by Gasteiger charge is 2.20. The number of carbonyl (C=O) groups is 1. The van der Waals surface area contributed by atoms with Gasteiger partial charge in [-0.25, -0.2) is 8.42 Å². The van der Waals surface area contributed by atoms with Crippen LogP contribution in [0.4, 0.5) is 5.69 Å². The predicted molar refractivity (Wildman–Crippen MR) is 116 cm³/mol. The lowest BCUT2D eigenvalue weighted by Gasteiger charge is -2.12. The second kappa shape index (κ2) is 9.54. The molecule has 7 heteroatoms. The number of anilines is 1. The van der Waals surface area contributed by atoms with E-state index >= 15 is 0 Å². The second-order valence-corrected chi connectivity index (χ2v) is 8.68. The van der Waals surface area contributed by atoms with Gasteiger partial charge in [0.25, 0.3) is 10.0 Å². The van der Waals surface area contributed by atoms with Gasteiger partial charge in [0.1, 0.15) is 16.4 Å². The summed E-state index contributed by atoms with van der Waals surface area (Å²) < 4.78 is 33.3. The number of Topliss-reactive ketones (excluding diaryl/α,β-unsaturated/α-hetero) is 1. The Bertz CT molecular complexity index is 1110. The monoisotopic (exact) mass is 424 g/mol. The molecule has 0 saturated carbocycles. The summed E-state index contributed by atoms with van der Waals surface area (Å²) in [6.45, 7) is 1.82. The van der Waals surface area contributed by atoms with Gasteiger partial charge in [0, 0.05) is 30.9 Å². The molecule has 30 heavy (non-hydrogen) atoms. The lowest BCUT2D eigenvalue weighted by Crippen LogP contribution is -2.14. The number of nitrogens with zero attached hydrogens (tertiary/aromatic N) is 1. The first-order valence-corrected chi connectivity index (χ1v) is 11.0. The summed E-state index contributed by atoms with van der Waals surface area (Å²) in [4.78, 5) is 16.4. The molecule has 0 fully saturated rings. The molecule has 2 aromatic carbocycles. The van der Waals surface area contributed by atoms with Gasteiger partial charge in [0.15, 0.2) is 0 Å². The first-order valence-electron chi connectivity index (χ1n) is 9.54. The number of ketones is 1. The zero-order valence-corrected chi connectivity index (χ0v) is 17.8. The number of nitrogens with one attached hydrogen (secondary N) is 1. The highest BCUT2D eigenvalue weighted by atomic mass is 32.2. The van der Waals surface area contributed by atoms with E-state index in [-0.39, 0.29) is 16.4 Å². The average Bonchev–Trinajstić information content (AvgIpc) is 2.74. The minimum Gasteiger partial charge on any atom is -0.495 e.